The second kappa shape index (κ2) is 7.48. The molecule has 1 N–H and O–H groups in total. The van der Waals surface area contributed by atoms with Crippen molar-refractivity contribution in [1.82, 2.24) is 19.9 Å². The summed E-state index contributed by atoms with van der Waals surface area (Å²) >= 11 is 0. The second-order valence-electron chi connectivity index (χ2n) is 7.94. The van der Waals surface area contributed by atoms with Crippen molar-refractivity contribution < 1.29 is 14.2 Å². The Kier molecular flexibility index (Phi) is 5.00. The highest BCUT2D eigenvalue weighted by Crippen LogP contribution is 2.47. The van der Waals surface area contributed by atoms with Gasteiger partial charge in [-0.3, -0.25) is 9.97 Å². The number of pyridine rings is 2. The van der Waals surface area contributed by atoms with Crippen molar-refractivity contribution in [1.29, 1.82) is 0 Å². The molecular formula is C22H23FN4O2. The average molecular weight is 394 g/mol. The summed E-state index contributed by atoms with van der Waals surface area (Å²) in [4.78, 5) is 17.3. The van der Waals surface area contributed by atoms with E-state index in [1.165, 1.54) is 12.3 Å². The van der Waals surface area contributed by atoms with Crippen LogP contribution in [0.2, 0.25) is 0 Å². The third-order valence-corrected chi connectivity index (χ3v) is 5.06. The lowest BCUT2D eigenvalue weighted by atomic mass is 10.0. The van der Waals surface area contributed by atoms with Crippen LogP contribution in [0.25, 0.3) is 11.1 Å². The fraction of sp³-hybridized carbons (Fsp3) is 0.364. The molecule has 0 amide bonds. The van der Waals surface area contributed by atoms with Crippen LogP contribution in [0.5, 0.6) is 5.88 Å². The Bertz CT molecular complexity index is 1000. The summed E-state index contributed by atoms with van der Waals surface area (Å²) in [5.41, 5.74) is 2.05. The molecule has 0 spiro atoms. The maximum atomic E-state index is 13.1. The third-order valence-electron chi connectivity index (χ3n) is 5.06. The second-order valence-corrected chi connectivity index (χ2v) is 7.94. The summed E-state index contributed by atoms with van der Waals surface area (Å²) in [6.45, 7) is 5.71. The van der Waals surface area contributed by atoms with Gasteiger partial charge in [0.2, 0.25) is 5.88 Å². The number of hydrogen-bond donors (Lipinski definition) is 1. The van der Waals surface area contributed by atoms with Gasteiger partial charge < -0.3 is 9.84 Å². The van der Waals surface area contributed by atoms with Gasteiger partial charge >= 0.3 is 0 Å². The van der Waals surface area contributed by atoms with Gasteiger partial charge in [-0.15, -0.1) is 0 Å². The molecule has 0 saturated heterocycles. The predicted molar refractivity (Wildman–Crippen MR) is 106 cm³/mol. The van der Waals surface area contributed by atoms with Crippen molar-refractivity contribution in [2.24, 2.45) is 5.92 Å². The summed E-state index contributed by atoms with van der Waals surface area (Å²) in [7, 11) is 0. The highest BCUT2D eigenvalue weighted by Gasteiger charge is 2.40. The highest BCUT2D eigenvalue weighted by atomic mass is 19.1. The van der Waals surface area contributed by atoms with E-state index in [2.05, 4.69) is 19.9 Å². The van der Waals surface area contributed by atoms with E-state index in [9.17, 15) is 9.50 Å². The molecule has 6 nitrogen and oxygen atoms in total. The van der Waals surface area contributed by atoms with E-state index >= 15 is 0 Å². The molecule has 1 aliphatic rings. The first-order chi connectivity index (χ1) is 13.8. The fourth-order valence-corrected chi connectivity index (χ4v) is 3.26. The predicted octanol–water partition coefficient (Wildman–Crippen LogP) is 3.79. The molecule has 3 aromatic heterocycles. The maximum Gasteiger partial charge on any atom is 0.224 e. The molecule has 1 saturated carbocycles. The lowest BCUT2D eigenvalue weighted by Crippen LogP contribution is -2.17. The fourth-order valence-electron chi connectivity index (χ4n) is 3.26. The van der Waals surface area contributed by atoms with Crippen molar-refractivity contribution in [3.8, 4) is 17.0 Å². The molecule has 0 aliphatic heterocycles. The Morgan fingerprint density at radius 2 is 1.93 bits per heavy atom. The Morgan fingerprint density at radius 1 is 1.10 bits per heavy atom. The van der Waals surface area contributed by atoms with Gasteiger partial charge in [0.25, 0.3) is 0 Å². The Morgan fingerprint density at radius 3 is 2.59 bits per heavy atom. The van der Waals surface area contributed by atoms with Gasteiger partial charge in [0, 0.05) is 35.5 Å². The van der Waals surface area contributed by atoms with Gasteiger partial charge in [-0.2, -0.15) is 4.98 Å². The van der Waals surface area contributed by atoms with E-state index in [-0.39, 0.29) is 11.7 Å². The van der Waals surface area contributed by atoms with Crippen LogP contribution in [0.1, 0.15) is 43.4 Å². The molecule has 4 rings (SSSR count). The minimum atomic E-state index is -1.00. The number of aromatic nitrogens is 4. The van der Waals surface area contributed by atoms with E-state index in [0.717, 1.165) is 23.2 Å². The van der Waals surface area contributed by atoms with Gasteiger partial charge in [0.05, 0.1) is 24.1 Å². The first-order valence-electron chi connectivity index (χ1n) is 9.58. The van der Waals surface area contributed by atoms with E-state index in [4.69, 9.17) is 4.74 Å². The summed E-state index contributed by atoms with van der Waals surface area (Å²) in [6, 6.07) is 6.84. The van der Waals surface area contributed by atoms with Crippen LogP contribution in [-0.2, 0) is 5.60 Å². The maximum absolute atomic E-state index is 13.1. The van der Waals surface area contributed by atoms with Crippen molar-refractivity contribution in [3.63, 3.8) is 0 Å². The quantitative estimate of drug-likeness (QED) is 0.685. The van der Waals surface area contributed by atoms with E-state index in [0.29, 0.717) is 29.9 Å². The lowest BCUT2D eigenvalue weighted by molar-refractivity contribution is 0.0739. The molecule has 29 heavy (non-hydrogen) atoms. The van der Waals surface area contributed by atoms with Crippen molar-refractivity contribution in [2.45, 2.75) is 38.7 Å². The molecule has 1 fully saturated rings. The zero-order valence-corrected chi connectivity index (χ0v) is 16.6. The number of rotatable bonds is 6. The molecule has 0 bridgehead atoms. The van der Waals surface area contributed by atoms with Crippen molar-refractivity contribution >= 4 is 0 Å². The monoisotopic (exact) mass is 394 g/mol. The van der Waals surface area contributed by atoms with Crippen LogP contribution < -0.4 is 4.74 Å². The molecule has 1 aliphatic carbocycles. The molecule has 2 atom stereocenters. The largest absolute Gasteiger partial charge is 0.477 e. The van der Waals surface area contributed by atoms with Crippen LogP contribution in [0.4, 0.5) is 4.39 Å². The highest BCUT2D eigenvalue weighted by molar-refractivity contribution is 5.67. The first kappa shape index (κ1) is 19.4. The SMILES string of the molecule is Cc1ncc(-c2ccc(C(C)(C)O)nc2)c(OCC2CC2c2ccc(F)cn2)n1. The Hall–Kier alpha value is -2.93. The van der Waals surface area contributed by atoms with E-state index in [1.54, 1.807) is 38.4 Å². The van der Waals surface area contributed by atoms with Crippen molar-refractivity contribution in [3.05, 3.63) is 65.9 Å². The van der Waals surface area contributed by atoms with Gasteiger partial charge in [0.1, 0.15) is 17.2 Å². The number of hydrogen-bond acceptors (Lipinski definition) is 6. The molecule has 0 aromatic carbocycles. The van der Waals surface area contributed by atoms with Crippen LogP contribution in [0.3, 0.4) is 0 Å². The minimum Gasteiger partial charge on any atom is -0.477 e. The third kappa shape index (κ3) is 4.40. The topological polar surface area (TPSA) is 81.0 Å². The molecule has 0 radical (unpaired) electrons. The van der Waals surface area contributed by atoms with E-state index in [1.807, 2.05) is 13.0 Å². The number of aliphatic hydroxyl groups is 1. The van der Waals surface area contributed by atoms with Crippen LogP contribution >= 0.6 is 0 Å². The Balaban J connectivity index is 1.48. The number of ether oxygens (including phenoxy) is 1. The van der Waals surface area contributed by atoms with Crippen LogP contribution in [-0.4, -0.2) is 31.6 Å². The van der Waals surface area contributed by atoms with Gasteiger partial charge in [-0.05, 0) is 45.4 Å². The van der Waals surface area contributed by atoms with E-state index < -0.39 is 5.60 Å². The standard InChI is InChI=1S/C22H23FN4O2/c1-13-24-11-18(14-4-7-20(26-9-14)22(2,3)28)21(27-13)29-12-15-8-17(15)19-6-5-16(23)10-25-19/h4-7,9-11,15,17,28H,8,12H2,1-3H3. The molecular weight excluding hydrogens is 371 g/mol. The smallest absolute Gasteiger partial charge is 0.224 e. The Labute approximate surface area is 168 Å². The number of aryl methyl sites for hydroxylation is 1. The summed E-state index contributed by atoms with van der Waals surface area (Å²) < 4.78 is 19.1. The average Bonchev–Trinajstić information content (AvgIpc) is 3.46. The molecule has 3 heterocycles. The van der Waals surface area contributed by atoms with Gasteiger partial charge in [-0.25, -0.2) is 9.37 Å². The van der Waals surface area contributed by atoms with Crippen LogP contribution in [0.15, 0.2) is 42.9 Å². The number of nitrogens with zero attached hydrogens (tertiary/aromatic N) is 4. The molecule has 7 heteroatoms. The normalized spacial score (nSPS) is 18.5. The zero-order chi connectivity index (χ0) is 20.6. The molecule has 150 valence electrons. The number of halogens is 1. The molecule has 3 aromatic rings. The first-order valence-corrected chi connectivity index (χ1v) is 9.58. The summed E-state index contributed by atoms with van der Waals surface area (Å²) in [5, 5.41) is 10.1. The van der Waals surface area contributed by atoms with Gasteiger partial charge in [0.15, 0.2) is 0 Å². The molecule has 2 unspecified atom stereocenters. The zero-order valence-electron chi connectivity index (χ0n) is 16.6. The van der Waals surface area contributed by atoms with Crippen LogP contribution in [0, 0.1) is 18.7 Å². The minimum absolute atomic E-state index is 0.287. The summed E-state index contributed by atoms with van der Waals surface area (Å²) in [6.07, 6.45) is 5.63. The summed E-state index contributed by atoms with van der Waals surface area (Å²) in [5.74, 6) is 1.42. The van der Waals surface area contributed by atoms with Gasteiger partial charge in [-0.1, -0.05) is 6.07 Å². The van der Waals surface area contributed by atoms with Crippen molar-refractivity contribution in [2.75, 3.05) is 6.61 Å². The lowest BCUT2D eigenvalue weighted by Gasteiger charge is -2.17.